The Morgan fingerprint density at radius 3 is 2.24 bits per heavy atom. The molecule has 0 heterocycles. The first-order chi connectivity index (χ1) is 10.1. The fourth-order valence-electron chi connectivity index (χ4n) is 1.67. The molecule has 0 aliphatic rings. The van der Waals surface area contributed by atoms with Crippen LogP contribution in [0, 0.1) is 6.92 Å². The van der Waals surface area contributed by atoms with Crippen molar-refractivity contribution in [3.05, 3.63) is 69.9 Å². The molecule has 0 unspecified atom stereocenters. The number of esters is 1. The molecule has 0 radical (unpaired) electrons. The van der Waals surface area contributed by atoms with Crippen LogP contribution >= 0.6 is 15.9 Å². The van der Waals surface area contributed by atoms with Gasteiger partial charge in [0.1, 0.15) is 5.75 Å². The van der Waals surface area contributed by atoms with Gasteiger partial charge in [0.25, 0.3) is 0 Å². The zero-order valence-corrected chi connectivity index (χ0v) is 13.4. The third-order valence-electron chi connectivity index (χ3n) is 2.80. The van der Waals surface area contributed by atoms with E-state index < -0.39 is 5.97 Å². The predicted molar refractivity (Wildman–Crippen MR) is 85.9 cm³/mol. The Balaban J connectivity index is 2.27. The molecular weight excluding hydrogens is 332 g/mol. The summed E-state index contributed by atoms with van der Waals surface area (Å²) in [4.78, 5) is 11.8. The summed E-state index contributed by atoms with van der Waals surface area (Å²) in [5, 5.41) is 0. The number of halogens is 1. The molecule has 4 heteroatoms. The molecule has 0 spiro atoms. The summed E-state index contributed by atoms with van der Waals surface area (Å²) >= 11 is 3.35. The fourth-order valence-corrected chi connectivity index (χ4v) is 1.94. The van der Waals surface area contributed by atoms with Gasteiger partial charge in [-0.3, -0.25) is 0 Å². The van der Waals surface area contributed by atoms with Gasteiger partial charge < -0.3 is 9.47 Å². The highest BCUT2D eigenvalue weighted by Crippen LogP contribution is 2.20. The van der Waals surface area contributed by atoms with Gasteiger partial charge in [0.2, 0.25) is 5.76 Å². The molecule has 0 aliphatic carbocycles. The quantitative estimate of drug-likeness (QED) is 0.469. The smallest absolute Gasteiger partial charge is 0.373 e. The third kappa shape index (κ3) is 4.46. The first-order valence-corrected chi connectivity index (χ1v) is 7.18. The Labute approximate surface area is 132 Å². The molecule has 21 heavy (non-hydrogen) atoms. The molecule has 0 aliphatic heterocycles. The van der Waals surface area contributed by atoms with Crippen molar-refractivity contribution in [3.63, 3.8) is 0 Å². The Kier molecular flexibility index (Phi) is 5.17. The molecule has 2 aromatic rings. The number of hydrogen-bond donors (Lipinski definition) is 0. The molecule has 0 N–H and O–H groups in total. The van der Waals surface area contributed by atoms with Crippen LogP contribution in [0.15, 0.2) is 58.8 Å². The van der Waals surface area contributed by atoms with Gasteiger partial charge in [-0.2, -0.15) is 0 Å². The van der Waals surface area contributed by atoms with Gasteiger partial charge in [-0.15, -0.1) is 0 Å². The van der Waals surface area contributed by atoms with Crippen molar-refractivity contribution in [2.24, 2.45) is 0 Å². The second-order valence-electron chi connectivity index (χ2n) is 4.47. The summed E-state index contributed by atoms with van der Waals surface area (Å²) < 4.78 is 11.3. The number of ether oxygens (including phenoxy) is 2. The van der Waals surface area contributed by atoms with E-state index in [0.717, 1.165) is 15.6 Å². The van der Waals surface area contributed by atoms with Gasteiger partial charge in [0.05, 0.1) is 7.11 Å². The van der Waals surface area contributed by atoms with Gasteiger partial charge in [-0.1, -0.05) is 45.8 Å². The molecule has 0 fully saturated rings. The average Bonchev–Trinajstić information content (AvgIpc) is 2.50. The lowest BCUT2D eigenvalue weighted by molar-refractivity contribution is -0.138. The summed E-state index contributed by atoms with van der Waals surface area (Å²) in [7, 11) is 1.33. The Hall–Kier alpha value is -2.07. The number of hydrogen-bond acceptors (Lipinski definition) is 3. The Morgan fingerprint density at radius 2 is 1.67 bits per heavy atom. The highest BCUT2D eigenvalue weighted by molar-refractivity contribution is 9.10. The van der Waals surface area contributed by atoms with Crippen LogP contribution in [0.2, 0.25) is 0 Å². The van der Waals surface area contributed by atoms with Crippen molar-refractivity contribution >= 4 is 28.0 Å². The van der Waals surface area contributed by atoms with Crippen molar-refractivity contribution < 1.29 is 14.3 Å². The minimum Gasteiger partial charge on any atom is -0.463 e. The van der Waals surface area contributed by atoms with Crippen molar-refractivity contribution in [2.75, 3.05) is 7.11 Å². The molecular formula is C17H15BrO3. The maximum absolute atomic E-state index is 11.8. The van der Waals surface area contributed by atoms with Crippen molar-refractivity contribution in [2.45, 2.75) is 6.92 Å². The monoisotopic (exact) mass is 346 g/mol. The maximum Gasteiger partial charge on any atom is 0.373 e. The molecule has 2 aromatic carbocycles. The topological polar surface area (TPSA) is 35.5 Å². The number of methoxy groups -OCH3 is 1. The molecule has 0 atom stereocenters. The Bertz CT molecular complexity index is 643. The minimum absolute atomic E-state index is 0.142. The van der Waals surface area contributed by atoms with Gasteiger partial charge in [-0.25, -0.2) is 4.79 Å². The lowest BCUT2D eigenvalue weighted by Gasteiger charge is -2.08. The highest BCUT2D eigenvalue weighted by atomic mass is 79.9. The summed E-state index contributed by atoms with van der Waals surface area (Å²) in [5.41, 5.74) is 2.03. The fraction of sp³-hybridized carbons (Fsp3) is 0.118. The number of aryl methyl sites for hydroxylation is 1. The van der Waals surface area contributed by atoms with E-state index in [1.54, 1.807) is 18.2 Å². The number of benzene rings is 2. The van der Waals surface area contributed by atoms with E-state index in [2.05, 4.69) is 15.9 Å². The van der Waals surface area contributed by atoms with Crippen LogP contribution in [0.1, 0.15) is 11.1 Å². The minimum atomic E-state index is -0.515. The predicted octanol–water partition coefficient (Wildman–Crippen LogP) is 4.35. The normalized spacial score (nSPS) is 11.1. The molecule has 0 saturated heterocycles. The van der Waals surface area contributed by atoms with Gasteiger partial charge in [-0.05, 0) is 42.8 Å². The van der Waals surface area contributed by atoms with Crippen LogP contribution in [0.3, 0.4) is 0 Å². The number of carbonyl (C=O) groups is 1. The van der Waals surface area contributed by atoms with Gasteiger partial charge in [0.15, 0.2) is 0 Å². The first kappa shape index (κ1) is 15.3. The van der Waals surface area contributed by atoms with E-state index >= 15 is 0 Å². The van der Waals surface area contributed by atoms with Crippen molar-refractivity contribution in [1.29, 1.82) is 0 Å². The first-order valence-electron chi connectivity index (χ1n) is 6.38. The lowest BCUT2D eigenvalue weighted by Crippen LogP contribution is -2.10. The van der Waals surface area contributed by atoms with Crippen LogP contribution < -0.4 is 4.74 Å². The second-order valence-corrected chi connectivity index (χ2v) is 5.38. The van der Waals surface area contributed by atoms with Gasteiger partial charge >= 0.3 is 5.97 Å². The number of carbonyl (C=O) groups excluding carboxylic acids is 1. The number of rotatable bonds is 4. The van der Waals surface area contributed by atoms with E-state index in [1.165, 1.54) is 7.11 Å². The van der Waals surface area contributed by atoms with Crippen LogP contribution in [-0.2, 0) is 9.53 Å². The zero-order chi connectivity index (χ0) is 15.2. The second kappa shape index (κ2) is 7.09. The largest absolute Gasteiger partial charge is 0.463 e. The molecule has 0 bridgehead atoms. The summed E-state index contributed by atoms with van der Waals surface area (Å²) in [6.07, 6.45) is 1.66. The molecule has 3 nitrogen and oxygen atoms in total. The average molecular weight is 347 g/mol. The highest BCUT2D eigenvalue weighted by Gasteiger charge is 2.12. The van der Waals surface area contributed by atoms with E-state index in [4.69, 9.17) is 9.47 Å². The van der Waals surface area contributed by atoms with Crippen LogP contribution in [0.25, 0.3) is 6.08 Å². The van der Waals surface area contributed by atoms with E-state index in [9.17, 15) is 4.79 Å². The van der Waals surface area contributed by atoms with Crippen LogP contribution in [0.4, 0.5) is 0 Å². The van der Waals surface area contributed by atoms with E-state index in [0.29, 0.717) is 5.75 Å². The molecule has 0 amide bonds. The van der Waals surface area contributed by atoms with Gasteiger partial charge in [0, 0.05) is 4.47 Å². The lowest BCUT2D eigenvalue weighted by atomic mass is 10.1. The summed E-state index contributed by atoms with van der Waals surface area (Å²) in [6, 6.07) is 15.0. The molecule has 0 aromatic heterocycles. The van der Waals surface area contributed by atoms with E-state index in [-0.39, 0.29) is 5.76 Å². The molecule has 2 rings (SSSR count). The van der Waals surface area contributed by atoms with Crippen molar-refractivity contribution in [3.8, 4) is 5.75 Å². The SMILES string of the molecule is COC(=O)/C(=C/c1ccc(C)cc1)Oc1ccc(Br)cc1. The molecule has 108 valence electrons. The van der Waals surface area contributed by atoms with Crippen LogP contribution in [-0.4, -0.2) is 13.1 Å². The zero-order valence-electron chi connectivity index (χ0n) is 11.8. The summed E-state index contributed by atoms with van der Waals surface area (Å²) in [6.45, 7) is 2.01. The molecule has 0 saturated carbocycles. The van der Waals surface area contributed by atoms with E-state index in [1.807, 2.05) is 43.3 Å². The maximum atomic E-state index is 11.8. The third-order valence-corrected chi connectivity index (χ3v) is 3.33. The summed E-state index contributed by atoms with van der Waals surface area (Å²) in [5.74, 6) is 0.198. The Morgan fingerprint density at radius 1 is 1.05 bits per heavy atom. The van der Waals surface area contributed by atoms with Crippen LogP contribution in [0.5, 0.6) is 5.75 Å². The standard InChI is InChI=1S/C17H15BrO3/c1-12-3-5-13(6-4-12)11-16(17(19)20-2)21-15-9-7-14(18)8-10-15/h3-11H,1-2H3/b16-11-. The van der Waals surface area contributed by atoms with Crippen molar-refractivity contribution in [1.82, 2.24) is 0 Å².